The first-order chi connectivity index (χ1) is 8.56. The molecule has 0 heterocycles. The van der Waals surface area contributed by atoms with E-state index in [1.165, 1.54) is 0 Å². The number of hydrogen-bond donors (Lipinski definition) is 3. The molecule has 1 aromatic carbocycles. The van der Waals surface area contributed by atoms with E-state index in [0.717, 1.165) is 5.69 Å². The Labute approximate surface area is 108 Å². The fourth-order valence-corrected chi connectivity index (χ4v) is 1.56. The van der Waals surface area contributed by atoms with Crippen LogP contribution in [0.4, 0.5) is 11.4 Å². The Kier molecular flexibility index (Phi) is 5.74. The van der Waals surface area contributed by atoms with Crippen LogP contribution in [0, 0.1) is 0 Å². The van der Waals surface area contributed by atoms with E-state index in [1.54, 1.807) is 13.2 Å². The Morgan fingerprint density at radius 3 is 2.67 bits per heavy atom. The minimum absolute atomic E-state index is 0.00140. The summed E-state index contributed by atoms with van der Waals surface area (Å²) in [5, 5.41) is 12.3. The molecule has 0 saturated carbocycles. The summed E-state index contributed by atoms with van der Waals surface area (Å²) in [6.07, 6.45) is 0.0650. The maximum absolute atomic E-state index is 9.19. The molecule has 5 nitrogen and oxygen atoms in total. The van der Waals surface area contributed by atoms with Crippen molar-refractivity contribution in [2.75, 3.05) is 31.4 Å². The maximum Gasteiger partial charge on any atom is 0.144 e. The number of anilines is 2. The molecule has 0 aliphatic carbocycles. The van der Waals surface area contributed by atoms with Crippen LogP contribution in [0.3, 0.4) is 0 Å². The zero-order valence-corrected chi connectivity index (χ0v) is 11.1. The average Bonchev–Trinajstić information content (AvgIpc) is 2.32. The Bertz CT molecular complexity index is 369. The Morgan fingerprint density at radius 1 is 1.39 bits per heavy atom. The van der Waals surface area contributed by atoms with E-state index in [2.05, 4.69) is 5.32 Å². The zero-order valence-electron chi connectivity index (χ0n) is 11.1. The van der Waals surface area contributed by atoms with Gasteiger partial charge < -0.3 is 25.6 Å². The normalized spacial score (nSPS) is 12.5. The first-order valence-corrected chi connectivity index (χ1v) is 5.99. The zero-order chi connectivity index (χ0) is 13.5. The fraction of sp³-hybridized carbons (Fsp3) is 0.538. The third kappa shape index (κ3) is 4.43. The van der Waals surface area contributed by atoms with Crippen LogP contribution in [0.25, 0.3) is 0 Å². The molecule has 1 unspecified atom stereocenters. The van der Waals surface area contributed by atoms with E-state index in [-0.39, 0.29) is 18.8 Å². The molecule has 0 aromatic heterocycles. The number of methoxy groups -OCH3 is 1. The summed E-state index contributed by atoms with van der Waals surface area (Å²) in [7, 11) is 1.60. The number of nitrogen functional groups attached to an aromatic ring is 1. The quantitative estimate of drug-likeness (QED) is 0.642. The van der Waals surface area contributed by atoms with Crippen molar-refractivity contribution >= 4 is 11.4 Å². The van der Waals surface area contributed by atoms with E-state index in [0.29, 0.717) is 18.0 Å². The molecular formula is C13H22N2O3. The van der Waals surface area contributed by atoms with Gasteiger partial charge in [-0.05, 0) is 26.0 Å². The predicted octanol–water partition coefficient (Wildman–Crippen LogP) is 1.48. The molecule has 0 spiro atoms. The van der Waals surface area contributed by atoms with Gasteiger partial charge in [-0.15, -0.1) is 0 Å². The Morgan fingerprint density at radius 2 is 2.11 bits per heavy atom. The molecule has 1 rings (SSSR count). The Balaban J connectivity index is 2.77. The number of nitrogens with two attached hydrogens (primary N) is 1. The van der Waals surface area contributed by atoms with Crippen LogP contribution < -0.4 is 15.8 Å². The number of aliphatic hydroxyl groups excluding tert-OH is 1. The third-order valence-corrected chi connectivity index (χ3v) is 2.34. The topological polar surface area (TPSA) is 76.7 Å². The molecule has 0 fully saturated rings. The Hall–Kier alpha value is -1.46. The smallest absolute Gasteiger partial charge is 0.144 e. The number of benzene rings is 1. The largest absolute Gasteiger partial charge is 0.489 e. The van der Waals surface area contributed by atoms with Gasteiger partial charge in [0.15, 0.2) is 0 Å². The van der Waals surface area contributed by atoms with Crippen LogP contribution in [0.2, 0.25) is 0 Å². The maximum atomic E-state index is 9.19. The van der Waals surface area contributed by atoms with E-state index in [1.807, 2.05) is 26.0 Å². The molecule has 18 heavy (non-hydrogen) atoms. The summed E-state index contributed by atoms with van der Waals surface area (Å²) in [6, 6.07) is 5.31. The van der Waals surface area contributed by atoms with Crippen LogP contribution >= 0.6 is 0 Å². The van der Waals surface area contributed by atoms with Gasteiger partial charge in [-0.3, -0.25) is 0 Å². The monoisotopic (exact) mass is 254 g/mol. The van der Waals surface area contributed by atoms with Crippen molar-refractivity contribution in [3.8, 4) is 5.75 Å². The van der Waals surface area contributed by atoms with Gasteiger partial charge in [0.1, 0.15) is 5.75 Å². The van der Waals surface area contributed by atoms with Crippen molar-refractivity contribution in [2.45, 2.75) is 26.0 Å². The number of hydrogen-bond acceptors (Lipinski definition) is 5. The average molecular weight is 254 g/mol. The van der Waals surface area contributed by atoms with Gasteiger partial charge in [0, 0.05) is 18.9 Å². The number of rotatable bonds is 7. The van der Waals surface area contributed by atoms with Crippen LogP contribution in [-0.4, -0.2) is 37.6 Å². The SMILES string of the molecule is COCC(CO)Nc1ccc(N)c(OC(C)C)c1. The van der Waals surface area contributed by atoms with E-state index in [9.17, 15) is 5.11 Å². The van der Waals surface area contributed by atoms with E-state index in [4.69, 9.17) is 15.2 Å². The minimum atomic E-state index is -0.148. The molecule has 4 N–H and O–H groups in total. The van der Waals surface area contributed by atoms with Crippen molar-refractivity contribution in [3.63, 3.8) is 0 Å². The molecular weight excluding hydrogens is 232 g/mol. The molecule has 0 radical (unpaired) electrons. The van der Waals surface area contributed by atoms with Gasteiger partial charge in [-0.25, -0.2) is 0 Å². The summed E-state index contributed by atoms with van der Waals surface area (Å²) in [4.78, 5) is 0. The van der Waals surface area contributed by atoms with Crippen molar-refractivity contribution in [1.29, 1.82) is 0 Å². The second-order valence-electron chi connectivity index (χ2n) is 4.40. The van der Waals surface area contributed by atoms with Crippen molar-refractivity contribution in [3.05, 3.63) is 18.2 Å². The van der Waals surface area contributed by atoms with Crippen molar-refractivity contribution in [1.82, 2.24) is 0 Å². The minimum Gasteiger partial charge on any atom is -0.489 e. The van der Waals surface area contributed by atoms with Crippen molar-refractivity contribution in [2.24, 2.45) is 0 Å². The molecule has 1 aromatic rings. The summed E-state index contributed by atoms with van der Waals surface area (Å²) < 4.78 is 10.6. The van der Waals surface area contributed by atoms with Crippen molar-refractivity contribution < 1.29 is 14.6 Å². The first kappa shape index (κ1) is 14.6. The van der Waals surface area contributed by atoms with Crippen LogP contribution in [0.5, 0.6) is 5.75 Å². The second kappa shape index (κ2) is 7.08. The number of ether oxygens (including phenoxy) is 2. The first-order valence-electron chi connectivity index (χ1n) is 5.99. The van der Waals surface area contributed by atoms with Gasteiger partial charge in [0.05, 0.1) is 31.0 Å². The van der Waals surface area contributed by atoms with Gasteiger partial charge in [0.2, 0.25) is 0 Å². The van der Waals surface area contributed by atoms with E-state index >= 15 is 0 Å². The summed E-state index contributed by atoms with van der Waals surface area (Å²) in [5.41, 5.74) is 7.27. The molecule has 102 valence electrons. The molecule has 0 bridgehead atoms. The number of nitrogens with one attached hydrogen (secondary N) is 1. The second-order valence-corrected chi connectivity index (χ2v) is 4.40. The van der Waals surface area contributed by atoms with Gasteiger partial charge in [-0.1, -0.05) is 0 Å². The standard InChI is InChI=1S/C13H22N2O3/c1-9(2)18-13-6-10(4-5-12(13)14)15-11(7-16)8-17-3/h4-6,9,11,15-16H,7-8,14H2,1-3H3. The summed E-state index contributed by atoms with van der Waals surface area (Å²) in [5.74, 6) is 0.643. The highest BCUT2D eigenvalue weighted by Crippen LogP contribution is 2.26. The lowest BCUT2D eigenvalue weighted by atomic mass is 10.2. The molecule has 1 atom stereocenters. The lowest BCUT2D eigenvalue weighted by Crippen LogP contribution is -2.28. The summed E-state index contributed by atoms with van der Waals surface area (Å²) >= 11 is 0. The van der Waals surface area contributed by atoms with Crippen LogP contribution in [0.15, 0.2) is 18.2 Å². The highest BCUT2D eigenvalue weighted by atomic mass is 16.5. The lowest BCUT2D eigenvalue weighted by molar-refractivity contribution is 0.153. The molecule has 5 heteroatoms. The highest BCUT2D eigenvalue weighted by molar-refractivity contribution is 5.61. The third-order valence-electron chi connectivity index (χ3n) is 2.34. The predicted molar refractivity (Wildman–Crippen MR) is 73.0 cm³/mol. The molecule has 0 amide bonds. The molecule has 0 aliphatic rings. The molecule has 0 saturated heterocycles. The van der Waals surface area contributed by atoms with E-state index < -0.39 is 0 Å². The van der Waals surface area contributed by atoms with Gasteiger partial charge >= 0.3 is 0 Å². The fourth-order valence-electron chi connectivity index (χ4n) is 1.56. The van der Waals surface area contributed by atoms with Gasteiger partial charge in [0.25, 0.3) is 0 Å². The van der Waals surface area contributed by atoms with Crippen LogP contribution in [0.1, 0.15) is 13.8 Å². The summed E-state index contributed by atoms with van der Waals surface area (Å²) in [6.45, 7) is 4.32. The number of aliphatic hydroxyl groups is 1. The molecule has 0 aliphatic heterocycles. The van der Waals surface area contributed by atoms with Crippen LogP contribution in [-0.2, 0) is 4.74 Å². The van der Waals surface area contributed by atoms with Gasteiger partial charge in [-0.2, -0.15) is 0 Å². The highest BCUT2D eigenvalue weighted by Gasteiger charge is 2.09. The lowest BCUT2D eigenvalue weighted by Gasteiger charge is -2.18.